The minimum Gasteiger partial charge on any atom is -0.493 e. The molecule has 1 saturated carbocycles. The van der Waals surface area contributed by atoms with Crippen LogP contribution in [-0.2, 0) is 9.59 Å². The molecule has 2 aromatic rings. The number of nitrogens with zero attached hydrogens (tertiary/aromatic N) is 6. The Balaban J connectivity index is 1.32. The number of likely N-dealkylation sites (N-methyl/N-ethyl adjacent to an activating group) is 1. The first kappa shape index (κ1) is 27.6. The van der Waals surface area contributed by atoms with E-state index in [0.29, 0.717) is 44.2 Å². The average Bonchev–Trinajstić information content (AvgIpc) is 3.82. The van der Waals surface area contributed by atoms with E-state index >= 15 is 0 Å². The van der Waals surface area contributed by atoms with Gasteiger partial charge < -0.3 is 29.1 Å². The van der Waals surface area contributed by atoms with Crippen molar-refractivity contribution in [2.24, 2.45) is 5.92 Å². The van der Waals surface area contributed by atoms with Crippen molar-refractivity contribution in [3.05, 3.63) is 30.3 Å². The van der Waals surface area contributed by atoms with E-state index in [9.17, 15) is 9.59 Å². The molecule has 2 fully saturated rings. The largest absolute Gasteiger partial charge is 0.493 e. The third kappa shape index (κ3) is 6.72. The van der Waals surface area contributed by atoms with Crippen molar-refractivity contribution in [3.8, 4) is 22.8 Å². The molecule has 1 aliphatic carbocycles. The molecular formula is C28H40N6O4. The summed E-state index contributed by atoms with van der Waals surface area (Å²) in [4.78, 5) is 34.1. The molecule has 0 spiro atoms. The number of aromatic nitrogens is 2. The normalized spacial score (nSPS) is 15.5. The van der Waals surface area contributed by atoms with E-state index in [1.54, 1.807) is 19.1 Å². The number of amides is 2. The van der Waals surface area contributed by atoms with Gasteiger partial charge in [-0.05, 0) is 56.3 Å². The number of hydrogen-bond acceptors (Lipinski definition) is 8. The predicted molar refractivity (Wildman–Crippen MR) is 146 cm³/mol. The zero-order valence-corrected chi connectivity index (χ0v) is 23.1. The molecule has 2 aliphatic rings. The molecule has 0 bridgehead atoms. The lowest BCUT2D eigenvalue weighted by Gasteiger charge is -2.36. The second kappa shape index (κ2) is 12.9. The summed E-state index contributed by atoms with van der Waals surface area (Å²) in [6.45, 7) is 10.2. The fourth-order valence-corrected chi connectivity index (χ4v) is 4.75. The first-order valence-corrected chi connectivity index (χ1v) is 13.6. The maximum absolute atomic E-state index is 13.1. The molecule has 0 N–H and O–H groups in total. The average molecular weight is 525 g/mol. The van der Waals surface area contributed by atoms with E-state index < -0.39 is 0 Å². The van der Waals surface area contributed by atoms with Gasteiger partial charge in [-0.3, -0.25) is 9.59 Å². The summed E-state index contributed by atoms with van der Waals surface area (Å²) >= 11 is 0. The van der Waals surface area contributed by atoms with Crippen LogP contribution < -0.4 is 14.4 Å². The van der Waals surface area contributed by atoms with Gasteiger partial charge in [0.15, 0.2) is 17.3 Å². The van der Waals surface area contributed by atoms with Crippen molar-refractivity contribution < 1.29 is 19.1 Å². The molecule has 0 unspecified atom stereocenters. The highest BCUT2D eigenvalue weighted by Crippen LogP contribution is 2.32. The van der Waals surface area contributed by atoms with Crippen LogP contribution in [0.2, 0.25) is 0 Å². The van der Waals surface area contributed by atoms with Crippen molar-refractivity contribution >= 4 is 17.6 Å². The van der Waals surface area contributed by atoms with E-state index in [2.05, 4.69) is 33.8 Å². The lowest BCUT2D eigenvalue weighted by Crippen LogP contribution is -2.52. The Morgan fingerprint density at radius 2 is 1.63 bits per heavy atom. The quantitative estimate of drug-likeness (QED) is 0.418. The minimum absolute atomic E-state index is 0.0214. The number of hydrogen-bond donors (Lipinski definition) is 0. The number of piperazine rings is 1. The summed E-state index contributed by atoms with van der Waals surface area (Å²) in [7, 11) is 3.21. The highest BCUT2D eigenvalue weighted by molar-refractivity contribution is 5.87. The van der Waals surface area contributed by atoms with E-state index in [-0.39, 0.29) is 24.3 Å². The summed E-state index contributed by atoms with van der Waals surface area (Å²) < 4.78 is 10.7. The van der Waals surface area contributed by atoms with Gasteiger partial charge in [0.25, 0.3) is 0 Å². The molecule has 1 saturated heterocycles. The summed E-state index contributed by atoms with van der Waals surface area (Å²) in [6, 6.07) is 9.56. The van der Waals surface area contributed by atoms with Crippen LogP contribution in [0.4, 0.5) is 5.82 Å². The van der Waals surface area contributed by atoms with Gasteiger partial charge in [0.2, 0.25) is 11.8 Å². The van der Waals surface area contributed by atoms with Crippen LogP contribution in [0.5, 0.6) is 11.5 Å². The predicted octanol–water partition coefficient (Wildman–Crippen LogP) is 2.39. The minimum atomic E-state index is 0.0214. The van der Waals surface area contributed by atoms with Crippen molar-refractivity contribution in [1.29, 1.82) is 0 Å². The third-order valence-corrected chi connectivity index (χ3v) is 7.43. The van der Waals surface area contributed by atoms with Crippen molar-refractivity contribution in [2.45, 2.75) is 26.7 Å². The Hall–Kier alpha value is -3.40. The van der Waals surface area contributed by atoms with E-state index in [1.165, 1.54) is 0 Å². The van der Waals surface area contributed by atoms with Gasteiger partial charge in [-0.25, -0.2) is 0 Å². The monoisotopic (exact) mass is 524 g/mol. The molecule has 38 heavy (non-hydrogen) atoms. The zero-order chi connectivity index (χ0) is 27.1. The van der Waals surface area contributed by atoms with Crippen molar-refractivity contribution in [3.63, 3.8) is 0 Å². The van der Waals surface area contributed by atoms with Gasteiger partial charge in [0.1, 0.15) is 0 Å². The molecule has 206 valence electrons. The maximum atomic E-state index is 13.1. The van der Waals surface area contributed by atoms with Crippen LogP contribution >= 0.6 is 0 Å². The number of methoxy groups -OCH3 is 2. The van der Waals surface area contributed by atoms with Crippen molar-refractivity contribution in [1.82, 2.24) is 24.9 Å². The lowest BCUT2D eigenvalue weighted by atomic mass is 10.1. The number of carbonyl (C=O) groups excluding carboxylic acids is 2. The van der Waals surface area contributed by atoms with Crippen LogP contribution in [-0.4, -0.2) is 110 Å². The number of rotatable bonds is 12. The number of benzene rings is 1. The lowest BCUT2D eigenvalue weighted by molar-refractivity contribution is -0.141. The summed E-state index contributed by atoms with van der Waals surface area (Å²) in [6.07, 6.45) is 1.89. The third-order valence-electron chi connectivity index (χ3n) is 7.43. The van der Waals surface area contributed by atoms with E-state index in [1.807, 2.05) is 35.2 Å². The Kier molecular flexibility index (Phi) is 9.38. The fourth-order valence-electron chi connectivity index (χ4n) is 4.75. The van der Waals surface area contributed by atoms with Gasteiger partial charge in [-0.1, -0.05) is 13.8 Å². The molecule has 1 aromatic heterocycles. The Bertz CT molecular complexity index is 1080. The Morgan fingerprint density at radius 3 is 2.21 bits per heavy atom. The van der Waals surface area contributed by atoms with Gasteiger partial charge in [0, 0.05) is 50.7 Å². The number of anilines is 1. The topological polar surface area (TPSA) is 91.3 Å². The second-order valence-corrected chi connectivity index (χ2v) is 9.78. The molecule has 0 atom stereocenters. The first-order chi connectivity index (χ1) is 18.5. The molecule has 2 heterocycles. The SMILES string of the molecule is CCN(CC)CCN(CC(=O)N1CCN(c2ccc(-c3ccc(OC)c(OC)c3)nn2)CC1)C(=O)C1CC1. The first-order valence-electron chi connectivity index (χ1n) is 13.6. The molecule has 4 rings (SSSR count). The second-order valence-electron chi connectivity index (χ2n) is 9.78. The zero-order valence-electron chi connectivity index (χ0n) is 23.1. The molecule has 1 aliphatic heterocycles. The van der Waals surface area contributed by atoms with Crippen LogP contribution in [0.25, 0.3) is 11.3 Å². The summed E-state index contributed by atoms with van der Waals surface area (Å²) in [5, 5.41) is 8.87. The van der Waals surface area contributed by atoms with Crippen LogP contribution in [0.3, 0.4) is 0 Å². The maximum Gasteiger partial charge on any atom is 0.242 e. The number of carbonyl (C=O) groups is 2. The smallest absolute Gasteiger partial charge is 0.242 e. The standard InChI is InChI=1S/C28H40N6O4/c1-5-31(6-2)13-14-34(28(36)21-7-8-21)20-27(35)33-17-15-32(16-18-33)26-12-10-23(29-30-26)22-9-11-24(37-3)25(19-22)38-4/h9-12,19,21H,5-8,13-18,20H2,1-4H3. The summed E-state index contributed by atoms with van der Waals surface area (Å²) in [5.74, 6) is 2.35. The Morgan fingerprint density at radius 1 is 0.921 bits per heavy atom. The Labute approximate surface area is 225 Å². The van der Waals surface area contributed by atoms with Gasteiger partial charge in [-0.15, -0.1) is 10.2 Å². The van der Waals surface area contributed by atoms with Gasteiger partial charge >= 0.3 is 0 Å². The molecule has 10 nitrogen and oxygen atoms in total. The fraction of sp³-hybridized carbons (Fsp3) is 0.571. The molecule has 0 radical (unpaired) electrons. The number of ether oxygens (including phenoxy) is 2. The van der Waals surface area contributed by atoms with E-state index in [0.717, 1.165) is 49.6 Å². The highest BCUT2D eigenvalue weighted by Gasteiger charge is 2.35. The highest BCUT2D eigenvalue weighted by atomic mass is 16.5. The molecule has 10 heteroatoms. The van der Waals surface area contributed by atoms with Crippen LogP contribution in [0, 0.1) is 5.92 Å². The summed E-state index contributed by atoms with van der Waals surface area (Å²) in [5.41, 5.74) is 1.64. The van der Waals surface area contributed by atoms with E-state index in [4.69, 9.17) is 9.47 Å². The molecule has 2 amide bonds. The van der Waals surface area contributed by atoms with Gasteiger partial charge in [-0.2, -0.15) is 0 Å². The van der Waals surface area contributed by atoms with Crippen LogP contribution in [0.15, 0.2) is 30.3 Å². The van der Waals surface area contributed by atoms with Gasteiger partial charge in [0.05, 0.1) is 26.5 Å². The van der Waals surface area contributed by atoms with Crippen LogP contribution in [0.1, 0.15) is 26.7 Å². The molecular weight excluding hydrogens is 484 g/mol. The molecule has 1 aromatic carbocycles. The van der Waals surface area contributed by atoms with Crippen molar-refractivity contribution in [2.75, 3.05) is 78.0 Å².